The van der Waals surface area contributed by atoms with E-state index < -0.39 is 11.9 Å². The van der Waals surface area contributed by atoms with Crippen LogP contribution in [0.1, 0.15) is 22.7 Å². The number of rotatable bonds is 2. The molecule has 2 aromatic heterocycles. The van der Waals surface area contributed by atoms with Crippen LogP contribution in [0.15, 0.2) is 18.6 Å². The number of hydrogen-bond donors (Lipinski definition) is 3. The standard InChI is InChI=1S/C12H14N6O2/c1-18-5-4-7-9(18)3-2-8(11(19)15-7)16-12(20)10-13-6-14-17-10/h4-6,8H,2-3H2,1H3,(H,15,19)(H,16,20)(H,13,14,17). The van der Waals surface area contributed by atoms with Gasteiger partial charge in [0.25, 0.3) is 5.91 Å². The lowest BCUT2D eigenvalue weighted by molar-refractivity contribution is -0.118. The monoisotopic (exact) mass is 274 g/mol. The first-order valence-electron chi connectivity index (χ1n) is 6.27. The summed E-state index contributed by atoms with van der Waals surface area (Å²) >= 11 is 0. The summed E-state index contributed by atoms with van der Waals surface area (Å²) in [5.74, 6) is -0.559. The Balaban J connectivity index is 1.73. The van der Waals surface area contributed by atoms with Gasteiger partial charge in [-0.15, -0.1) is 10.2 Å². The fourth-order valence-corrected chi connectivity index (χ4v) is 2.30. The first-order valence-corrected chi connectivity index (χ1v) is 6.27. The molecule has 104 valence electrons. The topological polar surface area (TPSA) is 105 Å². The third-order valence-corrected chi connectivity index (χ3v) is 3.38. The van der Waals surface area contributed by atoms with Crippen LogP contribution in [0.4, 0.5) is 5.69 Å². The summed E-state index contributed by atoms with van der Waals surface area (Å²) in [7, 11) is 1.93. The Morgan fingerprint density at radius 1 is 1.55 bits per heavy atom. The van der Waals surface area contributed by atoms with Crippen molar-refractivity contribution >= 4 is 17.5 Å². The molecule has 2 amide bonds. The van der Waals surface area contributed by atoms with E-state index in [0.29, 0.717) is 12.8 Å². The number of aromatic amines is 1. The van der Waals surface area contributed by atoms with Gasteiger partial charge in [-0.05, 0) is 18.9 Å². The second kappa shape index (κ2) is 4.80. The van der Waals surface area contributed by atoms with Gasteiger partial charge in [-0.3, -0.25) is 9.59 Å². The van der Waals surface area contributed by atoms with Crippen molar-refractivity contribution in [1.82, 2.24) is 25.1 Å². The molecule has 2 aromatic rings. The lowest BCUT2D eigenvalue weighted by Crippen LogP contribution is -2.43. The van der Waals surface area contributed by atoms with Gasteiger partial charge in [-0.25, -0.2) is 0 Å². The molecule has 20 heavy (non-hydrogen) atoms. The smallest absolute Gasteiger partial charge is 0.289 e. The highest BCUT2D eigenvalue weighted by molar-refractivity contribution is 6.00. The van der Waals surface area contributed by atoms with E-state index in [0.717, 1.165) is 11.4 Å². The second-order valence-electron chi connectivity index (χ2n) is 4.68. The molecule has 0 spiro atoms. The third-order valence-electron chi connectivity index (χ3n) is 3.38. The maximum absolute atomic E-state index is 12.1. The van der Waals surface area contributed by atoms with E-state index in [4.69, 9.17) is 0 Å². The zero-order chi connectivity index (χ0) is 14.1. The van der Waals surface area contributed by atoms with Crippen LogP contribution < -0.4 is 10.6 Å². The predicted molar refractivity (Wildman–Crippen MR) is 70.0 cm³/mol. The van der Waals surface area contributed by atoms with Crippen molar-refractivity contribution in [2.24, 2.45) is 7.05 Å². The number of hydrogen-bond acceptors (Lipinski definition) is 4. The molecule has 0 bridgehead atoms. The molecule has 0 saturated carbocycles. The number of aryl methyl sites for hydroxylation is 1. The van der Waals surface area contributed by atoms with Gasteiger partial charge in [0.15, 0.2) is 0 Å². The van der Waals surface area contributed by atoms with Crippen LogP contribution in [0.3, 0.4) is 0 Å². The Kier molecular flexibility index (Phi) is 2.97. The number of amides is 2. The van der Waals surface area contributed by atoms with E-state index in [-0.39, 0.29) is 11.7 Å². The molecule has 1 atom stereocenters. The fourth-order valence-electron chi connectivity index (χ4n) is 2.30. The molecule has 0 saturated heterocycles. The van der Waals surface area contributed by atoms with Crippen molar-refractivity contribution in [3.8, 4) is 0 Å². The van der Waals surface area contributed by atoms with Gasteiger partial charge in [-0.1, -0.05) is 0 Å². The number of carbonyl (C=O) groups excluding carboxylic acids is 2. The molecule has 1 aliphatic heterocycles. The van der Waals surface area contributed by atoms with E-state index in [1.807, 2.05) is 23.9 Å². The Morgan fingerprint density at radius 2 is 2.40 bits per heavy atom. The lowest BCUT2D eigenvalue weighted by Gasteiger charge is -2.14. The SMILES string of the molecule is Cn1ccc2c1CCC(NC(=O)c1nnc[nH]1)C(=O)N2. The van der Waals surface area contributed by atoms with E-state index >= 15 is 0 Å². The number of fused-ring (bicyclic) bond motifs is 1. The highest BCUT2D eigenvalue weighted by atomic mass is 16.2. The van der Waals surface area contributed by atoms with Crippen LogP contribution in [-0.2, 0) is 18.3 Å². The van der Waals surface area contributed by atoms with Crippen LogP contribution in [0.2, 0.25) is 0 Å². The van der Waals surface area contributed by atoms with Crippen LogP contribution in [0.5, 0.6) is 0 Å². The van der Waals surface area contributed by atoms with Gasteiger partial charge < -0.3 is 20.2 Å². The Labute approximate surface area is 114 Å². The van der Waals surface area contributed by atoms with Gasteiger partial charge in [0, 0.05) is 18.9 Å². The van der Waals surface area contributed by atoms with Crippen LogP contribution in [0, 0.1) is 0 Å². The Bertz CT molecular complexity index is 645. The highest BCUT2D eigenvalue weighted by Gasteiger charge is 2.27. The minimum Gasteiger partial charge on any atom is -0.353 e. The van der Waals surface area contributed by atoms with Crippen LogP contribution >= 0.6 is 0 Å². The van der Waals surface area contributed by atoms with Crippen molar-refractivity contribution in [3.05, 3.63) is 30.1 Å². The molecule has 3 heterocycles. The average molecular weight is 274 g/mol. The molecule has 0 aromatic carbocycles. The molecule has 0 radical (unpaired) electrons. The molecular formula is C12H14N6O2. The van der Waals surface area contributed by atoms with E-state index in [1.165, 1.54) is 6.33 Å². The number of anilines is 1. The largest absolute Gasteiger partial charge is 0.353 e. The van der Waals surface area contributed by atoms with Gasteiger partial charge in [-0.2, -0.15) is 0 Å². The van der Waals surface area contributed by atoms with Gasteiger partial charge in [0.05, 0.1) is 5.69 Å². The highest BCUT2D eigenvalue weighted by Crippen LogP contribution is 2.22. The number of carbonyl (C=O) groups is 2. The second-order valence-corrected chi connectivity index (χ2v) is 4.68. The maximum atomic E-state index is 12.1. The molecule has 8 heteroatoms. The van der Waals surface area contributed by atoms with Gasteiger partial charge >= 0.3 is 0 Å². The molecule has 0 fully saturated rings. The summed E-state index contributed by atoms with van der Waals surface area (Å²) in [6.07, 6.45) is 4.46. The zero-order valence-electron chi connectivity index (χ0n) is 10.9. The third kappa shape index (κ3) is 2.15. The summed E-state index contributed by atoms with van der Waals surface area (Å²) < 4.78 is 1.97. The average Bonchev–Trinajstić information content (AvgIpc) is 3.03. The number of aromatic nitrogens is 4. The fraction of sp³-hybridized carbons (Fsp3) is 0.333. The van der Waals surface area contributed by atoms with Crippen molar-refractivity contribution in [2.75, 3.05) is 5.32 Å². The summed E-state index contributed by atoms with van der Waals surface area (Å²) in [6, 6.07) is 1.27. The van der Waals surface area contributed by atoms with Crippen molar-refractivity contribution < 1.29 is 9.59 Å². The van der Waals surface area contributed by atoms with Crippen LogP contribution in [-0.4, -0.2) is 37.6 Å². The minimum atomic E-state index is -0.583. The number of H-pyrrole nitrogens is 1. The molecular weight excluding hydrogens is 260 g/mol. The lowest BCUT2D eigenvalue weighted by atomic mass is 10.1. The normalized spacial score (nSPS) is 18.1. The summed E-state index contributed by atoms with van der Waals surface area (Å²) in [5, 5.41) is 12.6. The molecule has 3 rings (SSSR count). The van der Waals surface area contributed by atoms with Crippen molar-refractivity contribution in [3.63, 3.8) is 0 Å². The number of nitrogens with zero attached hydrogens (tertiary/aromatic N) is 3. The van der Waals surface area contributed by atoms with E-state index in [2.05, 4.69) is 25.8 Å². The summed E-state index contributed by atoms with van der Waals surface area (Å²) in [5.41, 5.74) is 1.85. The summed E-state index contributed by atoms with van der Waals surface area (Å²) in [4.78, 5) is 26.6. The minimum absolute atomic E-state index is 0.0968. The first-order chi connectivity index (χ1) is 9.65. The van der Waals surface area contributed by atoms with Crippen LogP contribution in [0.25, 0.3) is 0 Å². The Hall–Kier alpha value is -2.64. The van der Waals surface area contributed by atoms with Crippen molar-refractivity contribution in [2.45, 2.75) is 18.9 Å². The maximum Gasteiger partial charge on any atom is 0.289 e. The molecule has 3 N–H and O–H groups in total. The predicted octanol–water partition coefficient (Wildman–Crippen LogP) is -0.174. The quantitative estimate of drug-likeness (QED) is 0.707. The molecule has 8 nitrogen and oxygen atoms in total. The first kappa shape index (κ1) is 12.4. The number of nitrogens with one attached hydrogen (secondary N) is 3. The molecule has 1 aliphatic rings. The van der Waals surface area contributed by atoms with Crippen molar-refractivity contribution in [1.29, 1.82) is 0 Å². The zero-order valence-corrected chi connectivity index (χ0v) is 10.9. The van der Waals surface area contributed by atoms with E-state index in [9.17, 15) is 9.59 Å². The van der Waals surface area contributed by atoms with Gasteiger partial charge in [0.1, 0.15) is 12.4 Å². The molecule has 1 unspecified atom stereocenters. The van der Waals surface area contributed by atoms with Gasteiger partial charge in [0.2, 0.25) is 11.7 Å². The molecule has 0 aliphatic carbocycles. The summed E-state index contributed by atoms with van der Waals surface area (Å²) in [6.45, 7) is 0. The van der Waals surface area contributed by atoms with E-state index in [1.54, 1.807) is 0 Å². The Morgan fingerprint density at radius 3 is 3.15 bits per heavy atom.